The Hall–Kier alpha value is -1.27. The van der Waals surface area contributed by atoms with Gasteiger partial charge in [-0.25, -0.2) is 9.97 Å². The summed E-state index contributed by atoms with van der Waals surface area (Å²) in [5.41, 5.74) is 3.35. The average molecular weight is 312 g/mol. The molecule has 0 aliphatic carbocycles. The first kappa shape index (κ1) is 12.2. The van der Waals surface area contributed by atoms with Gasteiger partial charge in [-0.2, -0.15) is 0 Å². The van der Waals surface area contributed by atoms with Gasteiger partial charge in [0.05, 0.1) is 16.8 Å². The minimum absolute atomic E-state index is 0.111. The standard InChI is InChI=1S/C11H10BrN3OS/c12-10-2-1-8(5-14-10)11(16)13-4-3-9-6-17-7-15-9/h1-2,5-7H,3-4H2,(H,13,16). The highest BCUT2D eigenvalue weighted by atomic mass is 79.9. The smallest absolute Gasteiger partial charge is 0.252 e. The Bertz CT molecular complexity index is 484. The normalized spacial score (nSPS) is 10.2. The van der Waals surface area contributed by atoms with Crippen molar-refractivity contribution in [2.24, 2.45) is 0 Å². The van der Waals surface area contributed by atoms with Crippen molar-refractivity contribution in [1.82, 2.24) is 15.3 Å². The summed E-state index contributed by atoms with van der Waals surface area (Å²) in [6, 6.07) is 3.48. The number of hydrogen-bond donors (Lipinski definition) is 1. The fraction of sp³-hybridized carbons (Fsp3) is 0.182. The van der Waals surface area contributed by atoms with Crippen molar-refractivity contribution in [3.63, 3.8) is 0 Å². The van der Waals surface area contributed by atoms with E-state index in [0.29, 0.717) is 12.1 Å². The number of hydrogen-bond acceptors (Lipinski definition) is 4. The van der Waals surface area contributed by atoms with Gasteiger partial charge in [0.15, 0.2) is 0 Å². The maximum Gasteiger partial charge on any atom is 0.252 e. The highest BCUT2D eigenvalue weighted by Crippen LogP contribution is 2.06. The largest absolute Gasteiger partial charge is 0.352 e. The summed E-state index contributed by atoms with van der Waals surface area (Å²) in [5.74, 6) is -0.111. The lowest BCUT2D eigenvalue weighted by atomic mass is 10.2. The predicted octanol–water partition coefficient (Wildman–Crippen LogP) is 2.27. The minimum atomic E-state index is -0.111. The van der Waals surface area contributed by atoms with Gasteiger partial charge in [0, 0.05) is 24.5 Å². The summed E-state index contributed by atoms with van der Waals surface area (Å²) in [5, 5.41) is 4.81. The Kier molecular flexibility index (Phi) is 4.22. The Labute approximate surface area is 111 Å². The van der Waals surface area contributed by atoms with Crippen LogP contribution in [0.4, 0.5) is 0 Å². The number of halogens is 1. The molecule has 2 aromatic heterocycles. The summed E-state index contributed by atoms with van der Waals surface area (Å²) in [6.45, 7) is 0.582. The molecule has 4 nitrogen and oxygen atoms in total. The van der Waals surface area contributed by atoms with Gasteiger partial charge in [-0.1, -0.05) is 0 Å². The van der Waals surface area contributed by atoms with E-state index in [1.54, 1.807) is 35.2 Å². The zero-order valence-corrected chi connectivity index (χ0v) is 11.3. The molecule has 1 N–H and O–H groups in total. The third-order valence-electron chi connectivity index (χ3n) is 2.14. The van der Waals surface area contributed by atoms with Gasteiger partial charge in [-0.3, -0.25) is 4.79 Å². The lowest BCUT2D eigenvalue weighted by molar-refractivity contribution is 0.0953. The Balaban J connectivity index is 1.83. The van der Waals surface area contributed by atoms with Crippen LogP contribution in [0.1, 0.15) is 16.1 Å². The Morgan fingerprint density at radius 2 is 2.29 bits per heavy atom. The fourth-order valence-electron chi connectivity index (χ4n) is 1.28. The Morgan fingerprint density at radius 3 is 2.94 bits per heavy atom. The van der Waals surface area contributed by atoms with Crippen molar-refractivity contribution in [3.8, 4) is 0 Å². The number of aromatic nitrogens is 2. The molecule has 0 bridgehead atoms. The van der Waals surface area contributed by atoms with Crippen LogP contribution < -0.4 is 5.32 Å². The molecule has 88 valence electrons. The van der Waals surface area contributed by atoms with Gasteiger partial charge in [0.2, 0.25) is 0 Å². The van der Waals surface area contributed by atoms with Crippen molar-refractivity contribution in [1.29, 1.82) is 0 Å². The molecule has 0 saturated carbocycles. The number of carbonyl (C=O) groups is 1. The molecule has 0 aliphatic heterocycles. The van der Waals surface area contributed by atoms with Crippen LogP contribution in [-0.2, 0) is 6.42 Å². The SMILES string of the molecule is O=C(NCCc1cscn1)c1ccc(Br)nc1. The molecule has 0 radical (unpaired) electrons. The van der Waals surface area contributed by atoms with Gasteiger partial charge < -0.3 is 5.32 Å². The van der Waals surface area contributed by atoms with Gasteiger partial charge in [-0.05, 0) is 28.1 Å². The number of nitrogens with zero attached hydrogens (tertiary/aromatic N) is 2. The second-order valence-corrected chi connectivity index (χ2v) is 4.89. The zero-order chi connectivity index (χ0) is 12.1. The molecule has 0 spiro atoms. The van der Waals surface area contributed by atoms with Gasteiger partial charge >= 0.3 is 0 Å². The van der Waals surface area contributed by atoms with Crippen molar-refractivity contribution >= 4 is 33.2 Å². The number of carbonyl (C=O) groups excluding carboxylic acids is 1. The molecule has 0 saturated heterocycles. The van der Waals surface area contributed by atoms with E-state index in [-0.39, 0.29) is 5.91 Å². The second-order valence-electron chi connectivity index (χ2n) is 3.36. The number of thiazole rings is 1. The molecule has 2 aromatic rings. The molecule has 0 unspecified atom stereocenters. The molecule has 0 aliphatic rings. The van der Waals surface area contributed by atoms with Crippen molar-refractivity contribution < 1.29 is 4.79 Å². The highest BCUT2D eigenvalue weighted by Gasteiger charge is 2.05. The summed E-state index contributed by atoms with van der Waals surface area (Å²) in [7, 11) is 0. The van der Waals surface area contributed by atoms with E-state index in [1.807, 2.05) is 5.38 Å². The fourth-order valence-corrected chi connectivity index (χ4v) is 2.10. The second kappa shape index (κ2) is 5.88. The molecule has 0 aromatic carbocycles. The van der Waals surface area contributed by atoms with Crippen LogP contribution in [0.2, 0.25) is 0 Å². The van der Waals surface area contributed by atoms with Crippen LogP contribution in [-0.4, -0.2) is 22.4 Å². The van der Waals surface area contributed by atoms with E-state index in [0.717, 1.165) is 16.7 Å². The number of nitrogens with one attached hydrogen (secondary N) is 1. The average Bonchev–Trinajstić information content (AvgIpc) is 2.83. The third kappa shape index (κ3) is 3.61. The van der Waals surface area contributed by atoms with Crippen LogP contribution >= 0.6 is 27.3 Å². The maximum atomic E-state index is 11.7. The van der Waals surface area contributed by atoms with E-state index in [4.69, 9.17) is 0 Å². The topological polar surface area (TPSA) is 54.9 Å². The van der Waals surface area contributed by atoms with Crippen LogP contribution in [0.15, 0.2) is 33.8 Å². The van der Waals surface area contributed by atoms with E-state index in [2.05, 4.69) is 31.2 Å². The minimum Gasteiger partial charge on any atom is -0.352 e. The molecule has 0 atom stereocenters. The quantitative estimate of drug-likeness (QED) is 0.881. The predicted molar refractivity (Wildman–Crippen MR) is 70.1 cm³/mol. The molecule has 1 amide bonds. The molecule has 17 heavy (non-hydrogen) atoms. The first-order chi connectivity index (χ1) is 8.25. The van der Waals surface area contributed by atoms with Crippen molar-refractivity contribution in [2.75, 3.05) is 6.54 Å². The molecular formula is C11H10BrN3OS. The summed E-state index contributed by atoms with van der Waals surface area (Å²) in [6.07, 6.45) is 2.29. The number of pyridine rings is 1. The summed E-state index contributed by atoms with van der Waals surface area (Å²) < 4.78 is 0.719. The van der Waals surface area contributed by atoms with Gasteiger partial charge in [0.25, 0.3) is 5.91 Å². The van der Waals surface area contributed by atoms with Gasteiger partial charge in [-0.15, -0.1) is 11.3 Å². The van der Waals surface area contributed by atoms with Crippen LogP contribution in [0.25, 0.3) is 0 Å². The van der Waals surface area contributed by atoms with Crippen LogP contribution in [0, 0.1) is 0 Å². The van der Waals surface area contributed by atoms with Crippen molar-refractivity contribution in [3.05, 3.63) is 45.1 Å². The lowest BCUT2D eigenvalue weighted by Crippen LogP contribution is -2.25. The highest BCUT2D eigenvalue weighted by molar-refractivity contribution is 9.10. The molecule has 0 fully saturated rings. The van der Waals surface area contributed by atoms with E-state index >= 15 is 0 Å². The first-order valence-corrected chi connectivity index (χ1v) is 6.76. The third-order valence-corrected chi connectivity index (χ3v) is 3.24. The molecule has 2 rings (SSSR count). The number of rotatable bonds is 4. The lowest BCUT2D eigenvalue weighted by Gasteiger charge is -2.03. The van der Waals surface area contributed by atoms with E-state index in [1.165, 1.54) is 0 Å². The monoisotopic (exact) mass is 311 g/mol. The van der Waals surface area contributed by atoms with Crippen molar-refractivity contribution in [2.45, 2.75) is 6.42 Å². The first-order valence-electron chi connectivity index (χ1n) is 5.02. The van der Waals surface area contributed by atoms with E-state index < -0.39 is 0 Å². The van der Waals surface area contributed by atoms with Crippen LogP contribution in [0.5, 0.6) is 0 Å². The molecule has 2 heterocycles. The molecular weight excluding hydrogens is 302 g/mol. The summed E-state index contributed by atoms with van der Waals surface area (Å²) >= 11 is 4.78. The zero-order valence-electron chi connectivity index (χ0n) is 8.89. The molecule has 6 heteroatoms. The number of amides is 1. The van der Waals surface area contributed by atoms with E-state index in [9.17, 15) is 4.79 Å². The van der Waals surface area contributed by atoms with Gasteiger partial charge in [0.1, 0.15) is 4.60 Å². The Morgan fingerprint density at radius 1 is 1.41 bits per heavy atom. The maximum absolute atomic E-state index is 11.7. The van der Waals surface area contributed by atoms with Crippen LogP contribution in [0.3, 0.4) is 0 Å². The summed E-state index contributed by atoms with van der Waals surface area (Å²) in [4.78, 5) is 19.8.